The van der Waals surface area contributed by atoms with Crippen molar-refractivity contribution >= 4 is 22.6 Å². The summed E-state index contributed by atoms with van der Waals surface area (Å²) in [4.78, 5) is 4.34. The lowest BCUT2D eigenvalue weighted by molar-refractivity contribution is 0.478. The number of thioether (sulfide) groups is 1. The second-order valence-corrected chi connectivity index (χ2v) is 5.45. The largest absolute Gasteiger partial charge is 0.457 e. The highest BCUT2D eigenvalue weighted by atomic mass is 32.2. The van der Waals surface area contributed by atoms with Gasteiger partial charge in [0.2, 0.25) is 0 Å². The maximum Gasteiger partial charge on any atom is 0.183 e. The summed E-state index contributed by atoms with van der Waals surface area (Å²) >= 11 is 1.38. The van der Waals surface area contributed by atoms with Crippen LogP contribution in [0, 0.1) is 25.3 Å². The van der Waals surface area contributed by atoms with Gasteiger partial charge in [0.25, 0.3) is 0 Å². The molecule has 2 aromatic rings. The zero-order valence-electron chi connectivity index (χ0n) is 12.8. The molecule has 0 aliphatic heterocycles. The molecule has 5 heteroatoms. The van der Waals surface area contributed by atoms with Crippen LogP contribution < -0.4 is 10.1 Å². The van der Waals surface area contributed by atoms with Crippen molar-refractivity contribution in [1.82, 2.24) is 5.32 Å². The molecule has 0 spiro atoms. The van der Waals surface area contributed by atoms with Crippen LogP contribution in [0.15, 0.2) is 47.5 Å². The molecular weight excluding hydrogens is 294 g/mol. The van der Waals surface area contributed by atoms with Crippen LogP contribution >= 0.6 is 11.8 Å². The van der Waals surface area contributed by atoms with Crippen molar-refractivity contribution in [3.05, 3.63) is 53.6 Å². The van der Waals surface area contributed by atoms with Crippen LogP contribution in [0.4, 0.5) is 5.69 Å². The van der Waals surface area contributed by atoms with E-state index < -0.39 is 0 Å². The molecule has 2 aromatic carbocycles. The Labute approximate surface area is 134 Å². The van der Waals surface area contributed by atoms with Gasteiger partial charge in [-0.25, -0.2) is 4.99 Å². The van der Waals surface area contributed by atoms with Gasteiger partial charge in [-0.15, -0.1) is 0 Å². The predicted molar refractivity (Wildman–Crippen MR) is 91.8 cm³/mol. The highest BCUT2D eigenvalue weighted by Gasteiger charge is 2.03. The lowest BCUT2D eigenvalue weighted by Gasteiger charge is -2.10. The molecule has 0 aliphatic rings. The van der Waals surface area contributed by atoms with Gasteiger partial charge in [-0.3, -0.25) is 5.32 Å². The Morgan fingerprint density at radius 2 is 1.91 bits per heavy atom. The van der Waals surface area contributed by atoms with Crippen molar-refractivity contribution in [2.45, 2.75) is 13.8 Å². The Bertz CT molecular complexity index is 718. The van der Waals surface area contributed by atoms with Gasteiger partial charge in [0, 0.05) is 0 Å². The minimum absolute atomic E-state index is 0.561. The first-order valence-electron chi connectivity index (χ1n) is 6.76. The summed E-state index contributed by atoms with van der Waals surface area (Å²) in [5, 5.41) is 11.7. The highest BCUT2D eigenvalue weighted by Crippen LogP contribution is 2.28. The van der Waals surface area contributed by atoms with Crippen LogP contribution in [0.2, 0.25) is 0 Å². The van der Waals surface area contributed by atoms with Crippen LogP contribution in [0.25, 0.3) is 0 Å². The Kier molecular flexibility index (Phi) is 5.45. The summed E-state index contributed by atoms with van der Waals surface area (Å²) in [6, 6.07) is 13.4. The number of nitrogens with one attached hydrogen (secondary N) is 1. The number of ether oxygens (including phenoxy) is 1. The van der Waals surface area contributed by atoms with Crippen molar-refractivity contribution in [2.75, 3.05) is 6.26 Å². The summed E-state index contributed by atoms with van der Waals surface area (Å²) in [6.45, 7) is 4.10. The Hall–Kier alpha value is -2.45. The predicted octanol–water partition coefficient (Wildman–Crippen LogP) is 4.52. The standard InChI is InChI=1S/C17H17N3OS/c1-12-5-4-6-16(13(12)2)21-15-9-7-14(8-10-15)20-17(22-3)19-11-18/h4-10H,1-3H3,(H,19,20). The fourth-order valence-corrected chi connectivity index (χ4v) is 2.18. The molecule has 2 rings (SSSR count). The van der Waals surface area contributed by atoms with E-state index >= 15 is 0 Å². The molecule has 0 saturated heterocycles. The van der Waals surface area contributed by atoms with Crippen molar-refractivity contribution in [2.24, 2.45) is 4.99 Å². The number of benzene rings is 2. The molecule has 22 heavy (non-hydrogen) atoms. The average Bonchev–Trinajstić information content (AvgIpc) is 2.53. The number of hydrogen-bond acceptors (Lipinski definition) is 4. The minimum Gasteiger partial charge on any atom is -0.457 e. The fourth-order valence-electron chi connectivity index (χ4n) is 1.84. The van der Waals surface area contributed by atoms with Crippen LogP contribution in [-0.2, 0) is 0 Å². The van der Waals surface area contributed by atoms with Crippen molar-refractivity contribution in [1.29, 1.82) is 5.26 Å². The third-order valence-corrected chi connectivity index (χ3v) is 3.79. The summed E-state index contributed by atoms with van der Waals surface area (Å²) in [6.07, 6.45) is 3.73. The molecule has 4 nitrogen and oxygen atoms in total. The molecule has 0 unspecified atom stereocenters. The molecular formula is C17H17N3OS. The van der Waals surface area contributed by atoms with Gasteiger partial charge < -0.3 is 4.74 Å². The number of amidine groups is 1. The normalized spacial score (nSPS) is 10.9. The van der Waals surface area contributed by atoms with Gasteiger partial charge >= 0.3 is 0 Å². The molecule has 0 fully saturated rings. The quantitative estimate of drug-likeness (QED) is 0.392. The summed E-state index contributed by atoms with van der Waals surface area (Å²) in [5.41, 5.74) is 3.10. The van der Waals surface area contributed by atoms with Crippen LogP contribution in [0.3, 0.4) is 0 Å². The molecule has 0 bridgehead atoms. The third kappa shape index (κ3) is 4.03. The molecule has 112 valence electrons. The first-order chi connectivity index (χ1) is 10.6. The summed E-state index contributed by atoms with van der Waals surface area (Å²) < 4.78 is 5.90. The van der Waals surface area contributed by atoms with Crippen molar-refractivity contribution in [3.8, 4) is 17.7 Å². The number of nitrogens with zero attached hydrogens (tertiary/aromatic N) is 2. The van der Waals surface area contributed by atoms with Crippen molar-refractivity contribution in [3.63, 3.8) is 0 Å². The smallest absolute Gasteiger partial charge is 0.183 e. The molecule has 0 radical (unpaired) electrons. The fraction of sp³-hybridized carbons (Fsp3) is 0.176. The lowest BCUT2D eigenvalue weighted by atomic mass is 10.1. The zero-order chi connectivity index (χ0) is 15.9. The number of aryl methyl sites for hydroxylation is 1. The topological polar surface area (TPSA) is 57.4 Å². The maximum absolute atomic E-state index is 8.63. The van der Waals surface area contributed by atoms with Gasteiger partial charge in [0.15, 0.2) is 11.4 Å². The van der Waals surface area contributed by atoms with Crippen LogP contribution in [0.1, 0.15) is 11.1 Å². The van der Waals surface area contributed by atoms with E-state index in [2.05, 4.69) is 23.3 Å². The van der Waals surface area contributed by atoms with E-state index in [4.69, 9.17) is 10.00 Å². The summed E-state index contributed by atoms with van der Waals surface area (Å²) in [5.74, 6) is 1.61. The molecule has 0 saturated carbocycles. The van der Waals surface area contributed by atoms with Gasteiger partial charge in [0.05, 0.1) is 5.69 Å². The van der Waals surface area contributed by atoms with Crippen LogP contribution in [0.5, 0.6) is 11.5 Å². The molecule has 0 atom stereocenters. The second-order valence-electron chi connectivity index (χ2n) is 4.65. The lowest BCUT2D eigenvalue weighted by Crippen LogP contribution is -2.12. The number of nitriles is 1. The maximum atomic E-state index is 8.63. The van der Waals surface area contributed by atoms with E-state index in [1.165, 1.54) is 17.3 Å². The summed E-state index contributed by atoms with van der Waals surface area (Å²) in [7, 11) is 0. The zero-order valence-corrected chi connectivity index (χ0v) is 13.6. The number of hydrogen-bond donors (Lipinski definition) is 1. The Morgan fingerprint density at radius 3 is 2.55 bits per heavy atom. The van der Waals surface area contributed by atoms with Crippen molar-refractivity contribution < 1.29 is 4.74 Å². The first-order valence-corrected chi connectivity index (χ1v) is 7.98. The van der Waals surface area contributed by atoms with Gasteiger partial charge in [0.1, 0.15) is 11.5 Å². The molecule has 1 N–H and O–H groups in total. The van der Waals surface area contributed by atoms with Gasteiger partial charge in [-0.05, 0) is 61.6 Å². The SMILES string of the molecule is CSC(=Nc1ccc(Oc2cccc(C)c2C)cc1)NC#N. The van der Waals surface area contributed by atoms with E-state index in [-0.39, 0.29) is 0 Å². The molecule has 0 heterocycles. The van der Waals surface area contributed by atoms with Gasteiger partial charge in [-0.1, -0.05) is 23.9 Å². The first kappa shape index (κ1) is 15.9. The Balaban J connectivity index is 2.16. The number of rotatable bonds is 3. The van der Waals surface area contributed by atoms with E-state index in [1.54, 1.807) is 0 Å². The minimum atomic E-state index is 0.561. The van der Waals surface area contributed by atoms with Gasteiger partial charge in [-0.2, -0.15) is 5.26 Å². The molecule has 0 amide bonds. The van der Waals surface area contributed by atoms with E-state index in [0.717, 1.165) is 22.7 Å². The third-order valence-electron chi connectivity index (χ3n) is 3.21. The monoisotopic (exact) mass is 311 g/mol. The molecule has 0 aliphatic carbocycles. The van der Waals surface area contributed by atoms with Crippen LogP contribution in [-0.4, -0.2) is 11.4 Å². The van der Waals surface area contributed by atoms with E-state index in [0.29, 0.717) is 5.17 Å². The average molecular weight is 311 g/mol. The Morgan fingerprint density at radius 1 is 1.18 bits per heavy atom. The second kappa shape index (κ2) is 7.53. The van der Waals surface area contributed by atoms with E-state index in [1.807, 2.05) is 55.8 Å². The highest BCUT2D eigenvalue weighted by molar-refractivity contribution is 8.13. The molecule has 0 aromatic heterocycles. The number of aliphatic imine (C=N–C) groups is 1. The van der Waals surface area contributed by atoms with E-state index in [9.17, 15) is 0 Å².